The average Bonchev–Trinajstić information content (AvgIpc) is 2.42. The van der Waals surface area contributed by atoms with E-state index in [0.717, 1.165) is 12.1 Å². The minimum absolute atomic E-state index is 0.102. The summed E-state index contributed by atoms with van der Waals surface area (Å²) in [5.74, 6) is 0.102. The van der Waals surface area contributed by atoms with Crippen LogP contribution >= 0.6 is 0 Å². The molecule has 7 heteroatoms. The highest BCUT2D eigenvalue weighted by Gasteiger charge is 2.30. The summed E-state index contributed by atoms with van der Waals surface area (Å²) in [5.41, 5.74) is 5.35. The Balaban J connectivity index is 2.80. The third kappa shape index (κ3) is 5.63. The van der Waals surface area contributed by atoms with E-state index >= 15 is 0 Å². The molecule has 1 aromatic carbocycles. The maximum Gasteiger partial charge on any atom is 0.416 e. The van der Waals surface area contributed by atoms with Crippen LogP contribution in [0.15, 0.2) is 29.4 Å². The van der Waals surface area contributed by atoms with E-state index in [1.807, 2.05) is 18.7 Å². The standard InChI is InChI=1S/C14H20F3N3O/c1-10(2)20(7-6-13(18)19-21)9-11-4-3-5-12(8-11)14(15,16)17/h3-5,8,10,21H,6-7,9H2,1-2H3,(H2,18,19). The third-order valence-corrected chi connectivity index (χ3v) is 3.15. The van der Waals surface area contributed by atoms with Crippen molar-refractivity contribution in [3.8, 4) is 0 Å². The summed E-state index contributed by atoms with van der Waals surface area (Å²) in [4.78, 5) is 1.97. The number of rotatable bonds is 6. The largest absolute Gasteiger partial charge is 0.416 e. The van der Waals surface area contributed by atoms with Crippen molar-refractivity contribution in [1.29, 1.82) is 0 Å². The SMILES string of the molecule is CC(C)N(CCC(N)=NO)Cc1cccc(C(F)(F)F)c1. The van der Waals surface area contributed by atoms with Crippen LogP contribution in [-0.4, -0.2) is 28.5 Å². The van der Waals surface area contributed by atoms with Crippen LogP contribution in [0.25, 0.3) is 0 Å². The fourth-order valence-electron chi connectivity index (χ4n) is 1.91. The first-order chi connectivity index (χ1) is 9.74. The zero-order chi connectivity index (χ0) is 16.0. The highest BCUT2D eigenvalue weighted by molar-refractivity contribution is 5.79. The predicted molar refractivity (Wildman–Crippen MR) is 75.0 cm³/mol. The van der Waals surface area contributed by atoms with Crippen LogP contribution in [0.1, 0.15) is 31.4 Å². The van der Waals surface area contributed by atoms with Crippen LogP contribution in [0.2, 0.25) is 0 Å². The summed E-state index contributed by atoms with van der Waals surface area (Å²) in [6.07, 6.45) is -3.99. The van der Waals surface area contributed by atoms with E-state index in [0.29, 0.717) is 25.1 Å². The van der Waals surface area contributed by atoms with Crippen molar-refractivity contribution >= 4 is 5.84 Å². The van der Waals surface area contributed by atoms with Gasteiger partial charge in [-0.15, -0.1) is 0 Å². The van der Waals surface area contributed by atoms with E-state index in [1.54, 1.807) is 6.07 Å². The van der Waals surface area contributed by atoms with Crippen molar-refractivity contribution in [2.75, 3.05) is 6.54 Å². The van der Waals surface area contributed by atoms with E-state index in [9.17, 15) is 13.2 Å². The van der Waals surface area contributed by atoms with Gasteiger partial charge in [0, 0.05) is 25.6 Å². The molecule has 0 unspecified atom stereocenters. The van der Waals surface area contributed by atoms with Crippen molar-refractivity contribution in [2.24, 2.45) is 10.9 Å². The third-order valence-electron chi connectivity index (χ3n) is 3.15. The lowest BCUT2D eigenvalue weighted by atomic mass is 10.1. The monoisotopic (exact) mass is 303 g/mol. The molecule has 1 rings (SSSR count). The Hall–Kier alpha value is -1.76. The molecule has 0 aromatic heterocycles. The molecule has 0 atom stereocenters. The van der Waals surface area contributed by atoms with Gasteiger partial charge in [-0.05, 0) is 25.5 Å². The second kappa shape index (κ2) is 7.31. The summed E-state index contributed by atoms with van der Waals surface area (Å²) in [5, 5.41) is 11.4. The molecule has 118 valence electrons. The van der Waals surface area contributed by atoms with Gasteiger partial charge < -0.3 is 10.9 Å². The maximum absolute atomic E-state index is 12.7. The Morgan fingerprint density at radius 1 is 1.38 bits per heavy atom. The van der Waals surface area contributed by atoms with Crippen molar-refractivity contribution in [1.82, 2.24) is 4.90 Å². The van der Waals surface area contributed by atoms with Gasteiger partial charge in [-0.1, -0.05) is 23.4 Å². The highest BCUT2D eigenvalue weighted by Crippen LogP contribution is 2.29. The molecular formula is C14H20F3N3O. The first-order valence-electron chi connectivity index (χ1n) is 6.60. The lowest BCUT2D eigenvalue weighted by molar-refractivity contribution is -0.137. The van der Waals surface area contributed by atoms with Crippen LogP contribution < -0.4 is 5.73 Å². The Kier molecular flexibility index (Phi) is 6.02. The summed E-state index contributed by atoms with van der Waals surface area (Å²) < 4.78 is 38.1. The lowest BCUT2D eigenvalue weighted by Gasteiger charge is -2.26. The molecule has 0 aliphatic rings. The van der Waals surface area contributed by atoms with Crippen molar-refractivity contribution in [2.45, 2.75) is 39.0 Å². The van der Waals surface area contributed by atoms with E-state index in [4.69, 9.17) is 10.9 Å². The van der Waals surface area contributed by atoms with E-state index < -0.39 is 11.7 Å². The van der Waals surface area contributed by atoms with Crippen molar-refractivity contribution in [3.63, 3.8) is 0 Å². The van der Waals surface area contributed by atoms with Crippen LogP contribution in [0.3, 0.4) is 0 Å². The van der Waals surface area contributed by atoms with Crippen LogP contribution in [0.5, 0.6) is 0 Å². The number of nitrogens with two attached hydrogens (primary N) is 1. The number of nitrogens with zero attached hydrogens (tertiary/aromatic N) is 2. The molecule has 0 heterocycles. The first-order valence-corrected chi connectivity index (χ1v) is 6.60. The normalized spacial score (nSPS) is 13.2. The number of hydrogen-bond donors (Lipinski definition) is 2. The van der Waals surface area contributed by atoms with Gasteiger partial charge in [0.2, 0.25) is 0 Å². The molecule has 0 aliphatic carbocycles. The Bertz CT molecular complexity index is 487. The van der Waals surface area contributed by atoms with Gasteiger partial charge in [-0.2, -0.15) is 13.2 Å². The molecule has 0 radical (unpaired) electrons. The number of hydrogen-bond acceptors (Lipinski definition) is 3. The quantitative estimate of drug-likeness (QED) is 0.367. The molecule has 0 fully saturated rings. The Labute approximate surface area is 122 Å². The number of alkyl halides is 3. The first kappa shape index (κ1) is 17.3. The Morgan fingerprint density at radius 3 is 2.57 bits per heavy atom. The predicted octanol–water partition coefficient (Wildman–Crippen LogP) is 3.05. The fraction of sp³-hybridized carbons (Fsp3) is 0.500. The Morgan fingerprint density at radius 2 is 2.05 bits per heavy atom. The zero-order valence-corrected chi connectivity index (χ0v) is 12.1. The molecule has 0 spiro atoms. The van der Waals surface area contributed by atoms with Crippen LogP contribution in [-0.2, 0) is 12.7 Å². The van der Waals surface area contributed by atoms with Crippen LogP contribution in [0, 0.1) is 0 Å². The second-order valence-electron chi connectivity index (χ2n) is 5.10. The summed E-state index contributed by atoms with van der Waals surface area (Å²) in [7, 11) is 0. The lowest BCUT2D eigenvalue weighted by Crippen LogP contribution is -2.33. The average molecular weight is 303 g/mol. The number of oxime groups is 1. The molecule has 0 saturated carbocycles. The number of halogens is 3. The smallest absolute Gasteiger partial charge is 0.409 e. The van der Waals surface area contributed by atoms with E-state index in [2.05, 4.69) is 5.16 Å². The minimum atomic E-state index is -4.34. The van der Waals surface area contributed by atoms with Gasteiger partial charge in [0.1, 0.15) is 5.84 Å². The minimum Gasteiger partial charge on any atom is -0.409 e. The number of benzene rings is 1. The topological polar surface area (TPSA) is 61.8 Å². The molecule has 0 amide bonds. The summed E-state index contributed by atoms with van der Waals surface area (Å²) >= 11 is 0. The molecule has 21 heavy (non-hydrogen) atoms. The van der Waals surface area contributed by atoms with Gasteiger partial charge in [-0.25, -0.2) is 0 Å². The van der Waals surface area contributed by atoms with Gasteiger partial charge in [-0.3, -0.25) is 4.90 Å². The van der Waals surface area contributed by atoms with Gasteiger partial charge >= 0.3 is 6.18 Å². The molecule has 4 nitrogen and oxygen atoms in total. The van der Waals surface area contributed by atoms with Crippen LogP contribution in [0.4, 0.5) is 13.2 Å². The zero-order valence-electron chi connectivity index (χ0n) is 12.1. The molecule has 0 bridgehead atoms. The van der Waals surface area contributed by atoms with Gasteiger partial charge in [0.15, 0.2) is 0 Å². The molecule has 3 N–H and O–H groups in total. The molecule has 1 aromatic rings. The summed E-state index contributed by atoms with van der Waals surface area (Å²) in [6.45, 7) is 4.77. The summed E-state index contributed by atoms with van der Waals surface area (Å²) in [6, 6.07) is 5.40. The molecule has 0 saturated heterocycles. The van der Waals surface area contributed by atoms with Gasteiger partial charge in [0.25, 0.3) is 0 Å². The van der Waals surface area contributed by atoms with Crippen molar-refractivity contribution in [3.05, 3.63) is 35.4 Å². The fourth-order valence-corrected chi connectivity index (χ4v) is 1.91. The van der Waals surface area contributed by atoms with E-state index in [-0.39, 0.29) is 11.9 Å². The second-order valence-corrected chi connectivity index (χ2v) is 5.10. The highest BCUT2D eigenvalue weighted by atomic mass is 19.4. The number of amidine groups is 1. The van der Waals surface area contributed by atoms with Gasteiger partial charge in [0.05, 0.1) is 5.56 Å². The van der Waals surface area contributed by atoms with E-state index in [1.165, 1.54) is 6.07 Å². The molecule has 0 aliphatic heterocycles. The molecular weight excluding hydrogens is 283 g/mol. The maximum atomic E-state index is 12.7. The van der Waals surface area contributed by atoms with Crippen molar-refractivity contribution < 1.29 is 18.4 Å².